The van der Waals surface area contributed by atoms with Gasteiger partial charge in [-0.3, -0.25) is 9.69 Å². The Morgan fingerprint density at radius 3 is 2.41 bits per heavy atom. The van der Waals surface area contributed by atoms with Crippen molar-refractivity contribution >= 4 is 17.0 Å². The number of piperidine rings is 1. The molecule has 1 aromatic carbocycles. The summed E-state index contributed by atoms with van der Waals surface area (Å²) >= 11 is 1.26. The van der Waals surface area contributed by atoms with Crippen molar-refractivity contribution in [3.63, 3.8) is 0 Å². The van der Waals surface area contributed by atoms with Crippen LogP contribution in [0.15, 0.2) is 29.2 Å². The summed E-state index contributed by atoms with van der Waals surface area (Å²) in [6.07, 6.45) is 1.96. The lowest BCUT2D eigenvalue weighted by molar-refractivity contribution is 0.0695. The van der Waals surface area contributed by atoms with E-state index in [1.165, 1.54) is 17.3 Å². The Hall–Kier alpha value is -1.04. The number of hydrogen-bond acceptors (Lipinski definition) is 4. The summed E-state index contributed by atoms with van der Waals surface area (Å²) in [4.78, 5) is 16.7. The number of likely N-dealkylation sites (tertiary alicyclic amines) is 1. The molecule has 1 unspecified atom stereocenters. The van der Waals surface area contributed by atoms with Crippen molar-refractivity contribution < 1.29 is 9.90 Å². The van der Waals surface area contributed by atoms with Gasteiger partial charge in [0.25, 0.3) is 5.24 Å². The summed E-state index contributed by atoms with van der Waals surface area (Å²) in [5.41, 5.74) is 1.28. The van der Waals surface area contributed by atoms with Crippen LogP contribution in [0.1, 0.15) is 25.3 Å². The van der Waals surface area contributed by atoms with Gasteiger partial charge in [0.05, 0.1) is 6.10 Å². The molecule has 0 radical (unpaired) electrons. The van der Waals surface area contributed by atoms with E-state index in [2.05, 4.69) is 17.0 Å². The van der Waals surface area contributed by atoms with E-state index in [4.69, 9.17) is 0 Å². The summed E-state index contributed by atoms with van der Waals surface area (Å²) in [5.74, 6) is 0.451. The summed E-state index contributed by atoms with van der Waals surface area (Å²) < 4.78 is 0. The molecule has 0 saturated carbocycles. The third-order valence-electron chi connectivity index (χ3n) is 4.21. The molecule has 0 spiro atoms. The fourth-order valence-corrected chi connectivity index (χ4v) is 3.36. The highest BCUT2D eigenvalue weighted by molar-refractivity contribution is 8.13. The molecular formula is C17H26N2O2S. The predicted octanol–water partition coefficient (Wildman–Crippen LogP) is 3.05. The molecule has 1 heterocycles. The van der Waals surface area contributed by atoms with Crippen LogP contribution in [0.25, 0.3) is 0 Å². The van der Waals surface area contributed by atoms with Crippen LogP contribution in [0.4, 0.5) is 4.79 Å². The molecule has 1 fully saturated rings. The van der Waals surface area contributed by atoms with E-state index in [0.29, 0.717) is 5.92 Å². The number of aliphatic hydroxyl groups excluding tert-OH is 1. The van der Waals surface area contributed by atoms with Crippen molar-refractivity contribution in [2.24, 2.45) is 5.92 Å². The molecule has 1 amide bonds. The molecule has 0 aliphatic carbocycles. The highest BCUT2D eigenvalue weighted by Gasteiger charge is 2.22. The smallest absolute Gasteiger partial charge is 0.285 e. The molecule has 1 atom stereocenters. The van der Waals surface area contributed by atoms with E-state index in [9.17, 15) is 9.90 Å². The number of benzene rings is 1. The van der Waals surface area contributed by atoms with Crippen molar-refractivity contribution in [2.75, 3.05) is 27.2 Å². The first kappa shape index (κ1) is 17.3. The van der Waals surface area contributed by atoms with E-state index in [-0.39, 0.29) is 11.3 Å². The molecule has 0 bridgehead atoms. The minimum absolute atomic E-state index is 0.0490. The standard InChI is InChI=1S/C17H26N2O2S/c1-13(20)15-8-10-19(11-9-15)12-14-4-6-16(7-5-14)22-17(21)18(2)3/h4-7,13,15,20H,8-12H2,1-3H3. The van der Waals surface area contributed by atoms with Gasteiger partial charge in [-0.1, -0.05) is 12.1 Å². The number of nitrogens with zero attached hydrogens (tertiary/aromatic N) is 2. The molecular weight excluding hydrogens is 296 g/mol. The second-order valence-corrected chi connectivity index (χ2v) is 7.29. The van der Waals surface area contributed by atoms with Crippen LogP contribution < -0.4 is 0 Å². The van der Waals surface area contributed by atoms with Crippen LogP contribution in [0.3, 0.4) is 0 Å². The van der Waals surface area contributed by atoms with Gasteiger partial charge in [-0.2, -0.15) is 0 Å². The van der Waals surface area contributed by atoms with Crippen LogP contribution in [-0.4, -0.2) is 53.4 Å². The Morgan fingerprint density at radius 1 is 1.32 bits per heavy atom. The molecule has 4 nitrogen and oxygen atoms in total. The van der Waals surface area contributed by atoms with Gasteiger partial charge < -0.3 is 10.0 Å². The maximum Gasteiger partial charge on any atom is 0.285 e. The fourth-order valence-electron chi connectivity index (χ4n) is 2.71. The van der Waals surface area contributed by atoms with Crippen molar-refractivity contribution in [1.29, 1.82) is 0 Å². The third-order valence-corrected chi connectivity index (χ3v) is 5.26. The minimum atomic E-state index is -0.187. The van der Waals surface area contributed by atoms with Crippen LogP contribution in [-0.2, 0) is 6.54 Å². The minimum Gasteiger partial charge on any atom is -0.393 e. The molecule has 5 heteroatoms. The number of hydrogen-bond donors (Lipinski definition) is 1. The third kappa shape index (κ3) is 5.00. The van der Waals surface area contributed by atoms with E-state index in [0.717, 1.165) is 37.4 Å². The highest BCUT2D eigenvalue weighted by atomic mass is 32.2. The number of thioether (sulfide) groups is 1. The highest BCUT2D eigenvalue weighted by Crippen LogP contribution is 2.24. The van der Waals surface area contributed by atoms with Crippen molar-refractivity contribution in [3.8, 4) is 0 Å². The Balaban J connectivity index is 1.83. The molecule has 1 aliphatic rings. The van der Waals surface area contributed by atoms with Gasteiger partial charge in [0.15, 0.2) is 0 Å². The predicted molar refractivity (Wildman–Crippen MR) is 91.1 cm³/mol. The first-order valence-corrected chi connectivity index (χ1v) is 8.66. The fraction of sp³-hybridized carbons (Fsp3) is 0.588. The van der Waals surface area contributed by atoms with Gasteiger partial charge in [0.2, 0.25) is 0 Å². The van der Waals surface area contributed by atoms with E-state index in [1.54, 1.807) is 19.0 Å². The summed E-state index contributed by atoms with van der Waals surface area (Å²) in [6, 6.07) is 8.24. The zero-order chi connectivity index (χ0) is 16.1. The Morgan fingerprint density at radius 2 is 1.91 bits per heavy atom. The van der Waals surface area contributed by atoms with Crippen LogP contribution in [0, 0.1) is 5.92 Å². The van der Waals surface area contributed by atoms with Crippen molar-refractivity contribution in [3.05, 3.63) is 29.8 Å². The molecule has 1 saturated heterocycles. The second-order valence-electron chi connectivity index (χ2n) is 6.26. The molecule has 1 aromatic rings. The summed E-state index contributed by atoms with van der Waals surface area (Å²) in [5, 5.41) is 9.69. The van der Waals surface area contributed by atoms with E-state index < -0.39 is 0 Å². The molecule has 1 aliphatic heterocycles. The summed E-state index contributed by atoms with van der Waals surface area (Å²) in [7, 11) is 3.53. The maximum absolute atomic E-state index is 11.7. The van der Waals surface area contributed by atoms with Crippen LogP contribution in [0.5, 0.6) is 0 Å². The van der Waals surface area contributed by atoms with Gasteiger partial charge in [0.1, 0.15) is 0 Å². The molecule has 22 heavy (non-hydrogen) atoms. The lowest BCUT2D eigenvalue weighted by Gasteiger charge is -2.33. The van der Waals surface area contributed by atoms with Crippen LogP contribution in [0.2, 0.25) is 0 Å². The monoisotopic (exact) mass is 322 g/mol. The Kier molecular flexibility index (Phi) is 6.29. The largest absolute Gasteiger partial charge is 0.393 e. The quantitative estimate of drug-likeness (QED) is 0.865. The van der Waals surface area contributed by atoms with Gasteiger partial charge in [0, 0.05) is 25.5 Å². The normalized spacial score (nSPS) is 18.2. The van der Waals surface area contributed by atoms with E-state index in [1.807, 2.05) is 19.1 Å². The second kappa shape index (κ2) is 7.99. The SMILES string of the molecule is CC(O)C1CCN(Cc2ccc(SC(=O)N(C)C)cc2)CC1. The summed E-state index contributed by atoms with van der Waals surface area (Å²) in [6.45, 7) is 4.93. The first-order chi connectivity index (χ1) is 10.5. The topological polar surface area (TPSA) is 43.8 Å². The van der Waals surface area contributed by atoms with Crippen molar-refractivity contribution in [2.45, 2.75) is 37.3 Å². The van der Waals surface area contributed by atoms with Gasteiger partial charge in [-0.15, -0.1) is 0 Å². The molecule has 2 rings (SSSR count). The molecule has 122 valence electrons. The van der Waals surface area contributed by atoms with Crippen molar-refractivity contribution in [1.82, 2.24) is 9.80 Å². The molecule has 0 aromatic heterocycles. The number of amides is 1. The van der Waals surface area contributed by atoms with Gasteiger partial charge in [-0.05, 0) is 68.2 Å². The van der Waals surface area contributed by atoms with E-state index >= 15 is 0 Å². The van der Waals surface area contributed by atoms with Gasteiger partial charge in [-0.25, -0.2) is 0 Å². The number of rotatable bonds is 4. The number of aliphatic hydroxyl groups is 1. The van der Waals surface area contributed by atoms with Crippen LogP contribution >= 0.6 is 11.8 Å². The Bertz CT molecular complexity index is 480. The number of carbonyl (C=O) groups is 1. The maximum atomic E-state index is 11.7. The first-order valence-electron chi connectivity index (χ1n) is 7.84. The van der Waals surface area contributed by atoms with Gasteiger partial charge >= 0.3 is 0 Å². The number of carbonyl (C=O) groups excluding carboxylic acids is 1. The zero-order valence-electron chi connectivity index (χ0n) is 13.7. The zero-order valence-corrected chi connectivity index (χ0v) is 14.5. The average Bonchev–Trinajstić information content (AvgIpc) is 2.49. The lowest BCUT2D eigenvalue weighted by Crippen LogP contribution is -2.36. The lowest BCUT2D eigenvalue weighted by atomic mass is 9.92. The molecule has 1 N–H and O–H groups in total. The Labute approximate surface area is 137 Å². The average molecular weight is 322 g/mol.